The van der Waals surface area contributed by atoms with Crippen molar-refractivity contribution in [2.45, 2.75) is 57.7 Å². The lowest BCUT2D eigenvalue weighted by atomic mass is 9.69. The molecule has 0 aromatic heterocycles. The molecule has 0 saturated carbocycles. The number of hydrogen-bond acceptors (Lipinski definition) is 2. The fraction of sp³-hybridized carbons (Fsp3) is 0.600. The summed E-state index contributed by atoms with van der Waals surface area (Å²) in [5, 5.41) is 0. The van der Waals surface area contributed by atoms with E-state index in [1.807, 2.05) is 0 Å². The van der Waals surface area contributed by atoms with E-state index in [2.05, 4.69) is 45.9 Å². The predicted octanol–water partition coefficient (Wildman–Crippen LogP) is 3.83. The zero-order valence-electron chi connectivity index (χ0n) is 11.0. The van der Waals surface area contributed by atoms with E-state index in [0.717, 1.165) is 12.8 Å². The molecule has 2 atom stereocenters. The second kappa shape index (κ2) is 3.33. The van der Waals surface area contributed by atoms with Crippen molar-refractivity contribution in [1.29, 1.82) is 0 Å². The van der Waals surface area contributed by atoms with Crippen LogP contribution >= 0.6 is 0 Å². The molecule has 0 amide bonds. The Morgan fingerprint density at radius 3 is 2.71 bits per heavy atom. The molecule has 92 valence electrons. The first kappa shape index (κ1) is 11.2. The van der Waals surface area contributed by atoms with E-state index in [-0.39, 0.29) is 11.2 Å². The van der Waals surface area contributed by atoms with Crippen LogP contribution < -0.4 is 0 Å². The Hall–Kier alpha value is -0.860. The molecule has 2 heteroatoms. The molecular formula is C15H20O2. The van der Waals surface area contributed by atoms with Crippen molar-refractivity contribution >= 4 is 0 Å². The first-order valence-electron chi connectivity index (χ1n) is 6.40. The maximum Gasteiger partial charge on any atom is 0.126 e. The molecule has 4 rings (SSSR count). The van der Waals surface area contributed by atoms with Gasteiger partial charge in [-0.05, 0) is 51.7 Å². The van der Waals surface area contributed by atoms with Crippen LogP contribution in [-0.4, -0.2) is 5.60 Å². The Kier molecular flexibility index (Phi) is 2.20. The van der Waals surface area contributed by atoms with Crippen LogP contribution in [0.1, 0.15) is 56.2 Å². The third-order valence-corrected chi connectivity index (χ3v) is 4.34. The second-order valence-electron chi connectivity index (χ2n) is 6.18. The summed E-state index contributed by atoms with van der Waals surface area (Å²) in [5.41, 5.74) is 3.53. The highest BCUT2D eigenvalue weighted by Crippen LogP contribution is 2.52. The molecule has 1 fully saturated rings. The minimum absolute atomic E-state index is 0.239. The first-order chi connectivity index (χ1) is 7.92. The minimum atomic E-state index is -0.271. The van der Waals surface area contributed by atoms with Crippen LogP contribution in [0.2, 0.25) is 0 Å². The van der Waals surface area contributed by atoms with Gasteiger partial charge in [-0.1, -0.05) is 23.8 Å². The van der Waals surface area contributed by atoms with Gasteiger partial charge < -0.3 is 0 Å². The Morgan fingerprint density at radius 1 is 1.18 bits per heavy atom. The first-order valence-corrected chi connectivity index (χ1v) is 6.40. The Bertz CT molecular complexity index is 464. The quantitative estimate of drug-likeness (QED) is 0.633. The van der Waals surface area contributed by atoms with Crippen molar-refractivity contribution in [2.75, 3.05) is 0 Å². The number of hydrogen-bond donors (Lipinski definition) is 0. The average Bonchev–Trinajstić information content (AvgIpc) is 2.42. The fourth-order valence-electron chi connectivity index (χ4n) is 3.23. The summed E-state index contributed by atoms with van der Waals surface area (Å²) in [5.74, 6) is 0.438. The van der Waals surface area contributed by atoms with E-state index in [1.165, 1.54) is 16.7 Å². The van der Waals surface area contributed by atoms with E-state index in [9.17, 15) is 0 Å². The van der Waals surface area contributed by atoms with E-state index < -0.39 is 0 Å². The average molecular weight is 232 g/mol. The fourth-order valence-corrected chi connectivity index (χ4v) is 3.23. The molecule has 1 aliphatic carbocycles. The molecule has 1 aromatic rings. The van der Waals surface area contributed by atoms with Gasteiger partial charge in [0, 0.05) is 5.92 Å². The standard InChI is InChI=1S/C15H20O2/c1-10-5-6-13-11(9-10)12-7-8-15(13,4)17-16-14(12,2)3/h5-6,9,12H,7-8H2,1-4H3. The zero-order valence-corrected chi connectivity index (χ0v) is 11.0. The van der Waals surface area contributed by atoms with Crippen LogP contribution in [0.4, 0.5) is 0 Å². The van der Waals surface area contributed by atoms with Crippen molar-refractivity contribution < 1.29 is 9.78 Å². The predicted molar refractivity (Wildman–Crippen MR) is 66.8 cm³/mol. The number of fused-ring (bicyclic) bond motifs is 3. The summed E-state index contributed by atoms with van der Waals surface area (Å²) >= 11 is 0. The summed E-state index contributed by atoms with van der Waals surface area (Å²) in [4.78, 5) is 11.5. The van der Waals surface area contributed by atoms with Crippen molar-refractivity contribution in [1.82, 2.24) is 0 Å². The maximum absolute atomic E-state index is 5.76. The topological polar surface area (TPSA) is 18.5 Å². The van der Waals surface area contributed by atoms with Gasteiger partial charge in [0.05, 0.1) is 0 Å². The van der Waals surface area contributed by atoms with Crippen LogP contribution in [0.15, 0.2) is 18.2 Å². The van der Waals surface area contributed by atoms with Crippen LogP contribution in [0.3, 0.4) is 0 Å². The van der Waals surface area contributed by atoms with Gasteiger partial charge in [-0.3, -0.25) is 0 Å². The lowest BCUT2D eigenvalue weighted by Gasteiger charge is -2.35. The van der Waals surface area contributed by atoms with Gasteiger partial charge in [-0.25, -0.2) is 9.78 Å². The molecule has 2 bridgehead atoms. The lowest BCUT2D eigenvalue weighted by molar-refractivity contribution is -0.400. The molecule has 0 spiro atoms. The SMILES string of the molecule is Cc1ccc2c(c1)C1CCC2(C)OOC1(C)C. The van der Waals surface area contributed by atoms with Gasteiger partial charge in [0.1, 0.15) is 11.2 Å². The third kappa shape index (κ3) is 1.54. The summed E-state index contributed by atoms with van der Waals surface area (Å²) < 4.78 is 0. The Labute approximate surface area is 103 Å². The zero-order chi connectivity index (χ0) is 12.3. The highest BCUT2D eigenvalue weighted by Gasteiger charge is 2.48. The maximum atomic E-state index is 5.76. The molecule has 1 aromatic carbocycles. The van der Waals surface area contributed by atoms with E-state index in [4.69, 9.17) is 9.78 Å². The number of benzene rings is 1. The van der Waals surface area contributed by atoms with Crippen molar-refractivity contribution in [3.63, 3.8) is 0 Å². The monoisotopic (exact) mass is 232 g/mol. The molecule has 2 unspecified atom stereocenters. The molecule has 0 N–H and O–H groups in total. The van der Waals surface area contributed by atoms with Gasteiger partial charge in [0.25, 0.3) is 0 Å². The Balaban J connectivity index is 2.24. The molecule has 3 aliphatic rings. The van der Waals surface area contributed by atoms with Gasteiger partial charge >= 0.3 is 0 Å². The number of aryl methyl sites for hydroxylation is 1. The summed E-state index contributed by atoms with van der Waals surface area (Å²) in [6.07, 6.45) is 2.18. The number of rotatable bonds is 0. The Morgan fingerprint density at radius 2 is 1.94 bits per heavy atom. The van der Waals surface area contributed by atoms with Gasteiger partial charge in [-0.2, -0.15) is 0 Å². The van der Waals surface area contributed by atoms with Crippen LogP contribution in [0.25, 0.3) is 0 Å². The van der Waals surface area contributed by atoms with Crippen molar-refractivity contribution in [3.05, 3.63) is 34.9 Å². The van der Waals surface area contributed by atoms with Crippen molar-refractivity contribution in [3.8, 4) is 0 Å². The van der Waals surface area contributed by atoms with Gasteiger partial charge in [0.15, 0.2) is 0 Å². The highest BCUT2D eigenvalue weighted by atomic mass is 17.2. The van der Waals surface area contributed by atoms with Crippen molar-refractivity contribution in [2.24, 2.45) is 0 Å². The van der Waals surface area contributed by atoms with Crippen LogP contribution in [-0.2, 0) is 15.4 Å². The third-order valence-electron chi connectivity index (χ3n) is 4.34. The molecule has 0 radical (unpaired) electrons. The van der Waals surface area contributed by atoms with Gasteiger partial charge in [0.2, 0.25) is 0 Å². The van der Waals surface area contributed by atoms with Crippen LogP contribution in [0.5, 0.6) is 0 Å². The highest BCUT2D eigenvalue weighted by molar-refractivity contribution is 5.42. The normalized spacial score (nSPS) is 34.2. The molecule has 1 saturated heterocycles. The second-order valence-corrected chi connectivity index (χ2v) is 6.18. The van der Waals surface area contributed by atoms with Gasteiger partial charge in [-0.15, -0.1) is 0 Å². The van der Waals surface area contributed by atoms with E-state index >= 15 is 0 Å². The summed E-state index contributed by atoms with van der Waals surface area (Å²) in [7, 11) is 0. The molecule has 2 nitrogen and oxygen atoms in total. The smallest absolute Gasteiger partial charge is 0.126 e. The molecular weight excluding hydrogens is 212 g/mol. The molecule has 17 heavy (non-hydrogen) atoms. The summed E-state index contributed by atoms with van der Waals surface area (Å²) in [6, 6.07) is 6.68. The largest absolute Gasteiger partial charge is 0.229 e. The van der Waals surface area contributed by atoms with E-state index in [0.29, 0.717) is 5.92 Å². The molecule has 2 heterocycles. The van der Waals surface area contributed by atoms with E-state index in [1.54, 1.807) is 0 Å². The minimum Gasteiger partial charge on any atom is -0.229 e. The van der Waals surface area contributed by atoms with Crippen LogP contribution in [0, 0.1) is 6.92 Å². The summed E-state index contributed by atoms with van der Waals surface area (Å²) in [6.45, 7) is 8.54. The lowest BCUT2D eigenvalue weighted by Crippen LogP contribution is -2.31. The molecule has 2 aliphatic heterocycles.